The molecule has 2 atom stereocenters. The van der Waals surface area contributed by atoms with Gasteiger partial charge >= 0.3 is 0 Å². The molecule has 1 aliphatic carbocycles. The maximum atomic E-state index is 15.4. The van der Waals surface area contributed by atoms with Crippen LogP contribution in [0.25, 0.3) is 22.3 Å². The molecule has 0 spiro atoms. The van der Waals surface area contributed by atoms with Gasteiger partial charge in [-0.3, -0.25) is 9.78 Å². The summed E-state index contributed by atoms with van der Waals surface area (Å²) in [4.78, 5) is 25.3. The molecule has 0 radical (unpaired) electrons. The summed E-state index contributed by atoms with van der Waals surface area (Å²) in [6.45, 7) is 3.54. The number of hydrogen-bond acceptors (Lipinski definition) is 7. The molecule has 6 rings (SSSR count). The summed E-state index contributed by atoms with van der Waals surface area (Å²) in [5.74, 6) is -1.70. The van der Waals surface area contributed by atoms with Crippen LogP contribution in [-0.2, 0) is 10.0 Å². The van der Waals surface area contributed by atoms with Crippen molar-refractivity contribution in [1.82, 2.24) is 24.2 Å². The quantitative estimate of drug-likeness (QED) is 0.238. The number of nitrogens with one attached hydrogen (secondary N) is 2. The van der Waals surface area contributed by atoms with Gasteiger partial charge < -0.3 is 10.6 Å². The van der Waals surface area contributed by atoms with Crippen LogP contribution in [0.5, 0.6) is 0 Å². The van der Waals surface area contributed by atoms with E-state index in [9.17, 15) is 13.2 Å². The van der Waals surface area contributed by atoms with Gasteiger partial charge in [0.05, 0.1) is 11.1 Å². The lowest BCUT2D eigenvalue weighted by atomic mass is 9.91. The number of benzene rings is 2. The van der Waals surface area contributed by atoms with Crippen molar-refractivity contribution in [3.05, 3.63) is 102 Å². The zero-order valence-corrected chi connectivity index (χ0v) is 24.9. The monoisotopic (exact) mass is 616 g/mol. The Morgan fingerprint density at radius 3 is 2.48 bits per heavy atom. The van der Waals surface area contributed by atoms with Gasteiger partial charge in [-0.1, -0.05) is 23.8 Å². The van der Waals surface area contributed by atoms with Gasteiger partial charge in [0.1, 0.15) is 17.0 Å². The van der Waals surface area contributed by atoms with Crippen LogP contribution in [0.2, 0.25) is 0 Å². The van der Waals surface area contributed by atoms with Gasteiger partial charge in [-0.25, -0.2) is 31.1 Å². The van der Waals surface area contributed by atoms with Crippen LogP contribution in [-0.4, -0.2) is 45.3 Å². The van der Waals surface area contributed by atoms with Crippen LogP contribution >= 0.6 is 0 Å². The number of carbonyl (C=O) groups excluding carboxylic acids is 1. The highest BCUT2D eigenvalue weighted by molar-refractivity contribution is 7.90. The minimum absolute atomic E-state index is 0.00380. The second-order valence-corrected chi connectivity index (χ2v) is 12.9. The Morgan fingerprint density at radius 1 is 0.955 bits per heavy atom. The van der Waals surface area contributed by atoms with Crippen molar-refractivity contribution in [2.24, 2.45) is 0 Å². The van der Waals surface area contributed by atoms with Crippen LogP contribution < -0.4 is 10.6 Å². The first kappa shape index (κ1) is 29.4. The van der Waals surface area contributed by atoms with Crippen molar-refractivity contribution in [3.8, 4) is 11.4 Å². The van der Waals surface area contributed by atoms with E-state index >= 15 is 8.78 Å². The Hall–Kier alpha value is -4.71. The molecular formula is C32H30F2N6O3S. The molecule has 9 nitrogen and oxygen atoms in total. The Kier molecular flexibility index (Phi) is 7.85. The number of hydrogen-bond donors (Lipinski definition) is 2. The third-order valence-corrected chi connectivity index (χ3v) is 9.45. The summed E-state index contributed by atoms with van der Waals surface area (Å²) in [6, 6.07) is 14.0. The van der Waals surface area contributed by atoms with Gasteiger partial charge in [0, 0.05) is 35.4 Å². The first-order chi connectivity index (χ1) is 21.1. The minimum Gasteiger partial charge on any atom is -0.365 e. The molecule has 2 aromatic carbocycles. The number of anilines is 1. The summed E-state index contributed by atoms with van der Waals surface area (Å²) in [5.41, 5.74) is 1.87. The van der Waals surface area contributed by atoms with Crippen LogP contribution in [0.1, 0.15) is 47.3 Å². The maximum Gasteiger partial charge on any atom is 0.270 e. The molecular weight excluding hydrogens is 586 g/mol. The summed E-state index contributed by atoms with van der Waals surface area (Å²) >= 11 is 0. The number of fused-ring (bicyclic) bond motifs is 1. The van der Waals surface area contributed by atoms with E-state index in [-0.39, 0.29) is 51.0 Å². The lowest BCUT2D eigenvalue weighted by molar-refractivity contribution is 0.0921. The predicted molar refractivity (Wildman–Crippen MR) is 163 cm³/mol. The van der Waals surface area contributed by atoms with Gasteiger partial charge in [-0.05, 0) is 81.5 Å². The van der Waals surface area contributed by atoms with Gasteiger partial charge in [0.25, 0.3) is 15.9 Å². The summed E-state index contributed by atoms with van der Waals surface area (Å²) < 4.78 is 58.7. The number of pyridine rings is 1. The summed E-state index contributed by atoms with van der Waals surface area (Å²) in [7, 11) is -4.19. The molecule has 2 N–H and O–H groups in total. The highest BCUT2D eigenvalue weighted by atomic mass is 32.2. The fourth-order valence-electron chi connectivity index (χ4n) is 5.61. The number of amides is 1. The first-order valence-corrected chi connectivity index (χ1v) is 15.7. The van der Waals surface area contributed by atoms with E-state index in [4.69, 9.17) is 0 Å². The molecule has 1 fully saturated rings. The van der Waals surface area contributed by atoms with E-state index in [0.717, 1.165) is 35.0 Å². The second kappa shape index (κ2) is 11.8. The molecule has 3 aromatic heterocycles. The average Bonchev–Trinajstić information content (AvgIpc) is 3.40. The number of halogens is 2. The van der Waals surface area contributed by atoms with Crippen LogP contribution in [0, 0.1) is 25.5 Å². The molecule has 0 aliphatic heterocycles. The zero-order chi connectivity index (χ0) is 31.0. The van der Waals surface area contributed by atoms with Gasteiger partial charge in [-0.2, -0.15) is 0 Å². The van der Waals surface area contributed by atoms with E-state index in [2.05, 4.69) is 25.6 Å². The van der Waals surface area contributed by atoms with Gasteiger partial charge in [0.15, 0.2) is 17.5 Å². The number of nitrogens with zero attached hydrogens (tertiary/aromatic N) is 4. The second-order valence-electron chi connectivity index (χ2n) is 11.1. The predicted octanol–water partition coefficient (Wildman–Crippen LogP) is 5.78. The number of carbonyl (C=O) groups is 1. The van der Waals surface area contributed by atoms with Crippen LogP contribution in [0.15, 0.2) is 78.1 Å². The topological polar surface area (TPSA) is 119 Å². The molecule has 1 amide bonds. The number of rotatable bonds is 7. The van der Waals surface area contributed by atoms with Crippen molar-refractivity contribution in [3.63, 3.8) is 0 Å². The van der Waals surface area contributed by atoms with Crippen molar-refractivity contribution < 1.29 is 22.0 Å². The van der Waals surface area contributed by atoms with E-state index < -0.39 is 21.7 Å². The Bertz CT molecular complexity index is 1960. The highest BCUT2D eigenvalue weighted by Crippen LogP contribution is 2.35. The Balaban J connectivity index is 1.32. The van der Waals surface area contributed by atoms with E-state index in [1.165, 1.54) is 24.4 Å². The summed E-state index contributed by atoms with van der Waals surface area (Å²) in [5, 5.41) is 6.44. The zero-order valence-electron chi connectivity index (χ0n) is 24.1. The summed E-state index contributed by atoms with van der Waals surface area (Å²) in [6.07, 6.45) is 6.69. The molecule has 44 heavy (non-hydrogen) atoms. The minimum atomic E-state index is -4.19. The normalized spacial score (nSPS) is 17.0. The molecule has 2 unspecified atom stereocenters. The standard InChI is InChI=1S/C32H30F2N6O3S/c1-19-9-11-23(12-10-19)44(42,43)40-18-25(24-14-20(2)15-26(33)29(24)40)30-36-17-27(34)31(39-30)37-21-6-5-7-22(16-21)38-32(41)28-8-3-4-13-35-28/h3-4,8-15,17-18,21-22H,5-7,16H2,1-2H3,(H,38,41)(H,36,37,39). The van der Waals surface area contributed by atoms with Crippen molar-refractivity contribution >= 4 is 32.7 Å². The molecule has 0 saturated heterocycles. The molecule has 1 saturated carbocycles. The molecule has 12 heteroatoms. The highest BCUT2D eigenvalue weighted by Gasteiger charge is 2.28. The van der Waals surface area contributed by atoms with Crippen LogP contribution in [0.3, 0.4) is 0 Å². The van der Waals surface area contributed by atoms with Crippen molar-refractivity contribution in [2.75, 3.05) is 5.32 Å². The van der Waals surface area contributed by atoms with E-state index in [1.54, 1.807) is 49.5 Å². The number of aromatic nitrogens is 4. The third kappa shape index (κ3) is 5.77. The molecule has 1 aliphatic rings. The SMILES string of the molecule is Cc1ccc(S(=O)(=O)n2cc(-c3ncc(F)c(NC4CCCC(NC(=O)c5ccccn5)C4)n3)c3cc(C)cc(F)c32)cc1. The van der Waals surface area contributed by atoms with Crippen LogP contribution in [0.4, 0.5) is 14.6 Å². The fraction of sp³-hybridized carbons (Fsp3) is 0.250. The molecule has 3 heterocycles. The number of aryl methyl sites for hydroxylation is 2. The Morgan fingerprint density at radius 2 is 1.73 bits per heavy atom. The largest absolute Gasteiger partial charge is 0.365 e. The maximum absolute atomic E-state index is 15.4. The van der Waals surface area contributed by atoms with Gasteiger partial charge in [-0.15, -0.1) is 0 Å². The molecule has 226 valence electrons. The lowest BCUT2D eigenvalue weighted by Crippen LogP contribution is -2.42. The third-order valence-electron chi connectivity index (χ3n) is 7.78. The smallest absolute Gasteiger partial charge is 0.270 e. The van der Waals surface area contributed by atoms with E-state index in [1.807, 2.05) is 6.92 Å². The lowest BCUT2D eigenvalue weighted by Gasteiger charge is -2.30. The fourth-order valence-corrected chi connectivity index (χ4v) is 6.98. The van der Waals surface area contributed by atoms with Crippen molar-refractivity contribution in [2.45, 2.75) is 56.5 Å². The van der Waals surface area contributed by atoms with Gasteiger partial charge in [0.2, 0.25) is 0 Å². The molecule has 5 aromatic rings. The van der Waals surface area contributed by atoms with E-state index in [0.29, 0.717) is 17.7 Å². The first-order valence-electron chi connectivity index (χ1n) is 14.2. The average molecular weight is 617 g/mol. The Labute approximate surface area is 253 Å². The molecule has 0 bridgehead atoms. The van der Waals surface area contributed by atoms with Crippen molar-refractivity contribution in [1.29, 1.82) is 0 Å².